The molecule has 8 heteroatoms. The van der Waals surface area contributed by atoms with Crippen molar-refractivity contribution in [2.75, 3.05) is 7.11 Å². The van der Waals surface area contributed by atoms with Crippen LogP contribution in [0.2, 0.25) is 0 Å². The molecule has 4 rings (SSSR count). The highest BCUT2D eigenvalue weighted by atomic mass is 32.2. The fourth-order valence-corrected chi connectivity index (χ4v) is 5.68. The Morgan fingerprint density at radius 1 is 0.886 bits per heavy atom. The summed E-state index contributed by atoms with van der Waals surface area (Å²) in [4.78, 5) is 25.3. The summed E-state index contributed by atoms with van der Waals surface area (Å²) in [6.07, 6.45) is 0. The number of amides is 2. The second-order valence-electron chi connectivity index (χ2n) is 8.36. The third kappa shape index (κ3) is 4.97. The first-order valence-electron chi connectivity index (χ1n) is 11.1. The van der Waals surface area contributed by atoms with E-state index in [-0.39, 0.29) is 22.9 Å². The van der Waals surface area contributed by atoms with Crippen molar-refractivity contribution < 1.29 is 22.7 Å². The topological polar surface area (TPSA) is 92.8 Å². The number of ether oxygens (including phenoxy) is 1. The van der Waals surface area contributed by atoms with Gasteiger partial charge in [0.2, 0.25) is 0 Å². The van der Waals surface area contributed by atoms with Crippen LogP contribution in [0.1, 0.15) is 39.5 Å². The molecule has 0 spiro atoms. The van der Waals surface area contributed by atoms with E-state index in [9.17, 15) is 18.0 Å². The van der Waals surface area contributed by atoms with E-state index in [1.165, 1.54) is 14.0 Å². The van der Waals surface area contributed by atoms with Crippen LogP contribution in [0, 0.1) is 6.92 Å². The van der Waals surface area contributed by atoms with Gasteiger partial charge in [0.1, 0.15) is 10.7 Å². The summed E-state index contributed by atoms with van der Waals surface area (Å²) >= 11 is 0. The number of rotatable bonds is 7. The molecule has 1 N–H and O–H groups in total. The SMILES string of the molecule is COc1ccc(C2=C(C)C(=O)N(Cc3ccc(C(=O)NCc4ccc(C)cc4)cc3)S2(=O)=O)cc1. The molecule has 0 fully saturated rings. The van der Waals surface area contributed by atoms with Gasteiger partial charge in [-0.2, -0.15) is 0 Å². The predicted octanol–water partition coefficient (Wildman–Crippen LogP) is 4.04. The van der Waals surface area contributed by atoms with Gasteiger partial charge >= 0.3 is 0 Å². The average Bonchev–Trinajstić information content (AvgIpc) is 3.03. The Morgan fingerprint density at radius 2 is 1.49 bits per heavy atom. The minimum atomic E-state index is -4.02. The number of benzene rings is 3. The molecule has 0 radical (unpaired) electrons. The van der Waals surface area contributed by atoms with Crippen LogP contribution in [0.25, 0.3) is 4.91 Å². The number of nitrogens with one attached hydrogen (secondary N) is 1. The Balaban J connectivity index is 1.45. The lowest BCUT2D eigenvalue weighted by Gasteiger charge is -2.17. The summed E-state index contributed by atoms with van der Waals surface area (Å²) in [5.41, 5.74) is 3.79. The Hall–Kier alpha value is -3.91. The van der Waals surface area contributed by atoms with E-state index in [4.69, 9.17) is 4.74 Å². The number of hydrogen-bond acceptors (Lipinski definition) is 5. The summed E-state index contributed by atoms with van der Waals surface area (Å²) < 4.78 is 32.5. The maximum Gasteiger partial charge on any atom is 0.268 e. The summed E-state index contributed by atoms with van der Waals surface area (Å²) in [6, 6.07) is 21.0. The van der Waals surface area contributed by atoms with Gasteiger partial charge < -0.3 is 10.1 Å². The molecular weight excluding hydrogens is 464 g/mol. The molecule has 180 valence electrons. The lowest BCUT2D eigenvalue weighted by atomic mass is 10.1. The number of aryl methyl sites for hydroxylation is 1. The molecule has 35 heavy (non-hydrogen) atoms. The van der Waals surface area contributed by atoms with Crippen molar-refractivity contribution in [3.63, 3.8) is 0 Å². The maximum atomic E-state index is 13.2. The predicted molar refractivity (Wildman–Crippen MR) is 134 cm³/mol. The quantitative estimate of drug-likeness (QED) is 0.540. The highest BCUT2D eigenvalue weighted by Gasteiger charge is 2.42. The third-order valence-electron chi connectivity index (χ3n) is 5.90. The molecule has 3 aromatic rings. The zero-order valence-electron chi connectivity index (χ0n) is 19.7. The van der Waals surface area contributed by atoms with Crippen molar-refractivity contribution in [1.29, 1.82) is 0 Å². The highest BCUT2D eigenvalue weighted by Crippen LogP contribution is 2.37. The Labute approximate surface area is 205 Å². The molecule has 1 heterocycles. The molecule has 0 atom stereocenters. The molecule has 3 aromatic carbocycles. The summed E-state index contributed by atoms with van der Waals surface area (Å²) in [6.45, 7) is 3.80. The number of carbonyl (C=O) groups excluding carboxylic acids is 2. The van der Waals surface area contributed by atoms with Gasteiger partial charge in [0, 0.05) is 17.7 Å². The first-order chi connectivity index (χ1) is 16.7. The molecule has 2 amide bonds. The number of hydrogen-bond donors (Lipinski definition) is 1. The van der Waals surface area contributed by atoms with Gasteiger partial charge in [-0.05, 0) is 66.9 Å². The van der Waals surface area contributed by atoms with Crippen LogP contribution in [0.3, 0.4) is 0 Å². The van der Waals surface area contributed by atoms with Crippen molar-refractivity contribution in [2.45, 2.75) is 26.9 Å². The molecular formula is C27H26N2O5S. The van der Waals surface area contributed by atoms with Gasteiger partial charge in [0.05, 0.1) is 13.7 Å². The Kier molecular flexibility index (Phi) is 6.75. The van der Waals surface area contributed by atoms with E-state index in [0.29, 0.717) is 29.0 Å². The minimum absolute atomic E-state index is 0.00254. The van der Waals surface area contributed by atoms with Gasteiger partial charge in [0.15, 0.2) is 0 Å². The van der Waals surface area contributed by atoms with Crippen LogP contribution < -0.4 is 10.1 Å². The molecule has 1 aliphatic rings. The van der Waals surface area contributed by atoms with Crippen LogP contribution in [-0.4, -0.2) is 31.6 Å². The highest BCUT2D eigenvalue weighted by molar-refractivity contribution is 7.99. The van der Waals surface area contributed by atoms with Gasteiger partial charge in [0.25, 0.3) is 21.8 Å². The molecule has 1 aliphatic heterocycles. The lowest BCUT2D eigenvalue weighted by molar-refractivity contribution is -0.122. The molecule has 0 bridgehead atoms. The Bertz CT molecular complexity index is 1390. The van der Waals surface area contributed by atoms with Crippen molar-refractivity contribution >= 4 is 26.7 Å². The van der Waals surface area contributed by atoms with E-state index in [0.717, 1.165) is 15.4 Å². The number of carbonyl (C=O) groups is 2. The van der Waals surface area contributed by atoms with Crippen LogP contribution in [0.4, 0.5) is 0 Å². The van der Waals surface area contributed by atoms with Crippen molar-refractivity contribution in [2.24, 2.45) is 0 Å². The first-order valence-corrected chi connectivity index (χ1v) is 12.5. The van der Waals surface area contributed by atoms with Crippen LogP contribution in [0.5, 0.6) is 5.75 Å². The van der Waals surface area contributed by atoms with Crippen molar-refractivity contribution in [3.05, 3.63) is 106 Å². The first kappa shape index (κ1) is 24.2. The van der Waals surface area contributed by atoms with Gasteiger partial charge in [-0.25, -0.2) is 12.7 Å². The van der Waals surface area contributed by atoms with Gasteiger partial charge in [-0.1, -0.05) is 42.0 Å². The number of methoxy groups -OCH3 is 1. The van der Waals surface area contributed by atoms with E-state index >= 15 is 0 Å². The normalized spacial score (nSPS) is 14.8. The third-order valence-corrected chi connectivity index (χ3v) is 7.84. The number of nitrogens with zero attached hydrogens (tertiary/aromatic N) is 1. The second kappa shape index (κ2) is 9.76. The van der Waals surface area contributed by atoms with E-state index in [1.807, 2.05) is 31.2 Å². The van der Waals surface area contributed by atoms with E-state index in [1.54, 1.807) is 48.5 Å². The minimum Gasteiger partial charge on any atom is -0.497 e. The van der Waals surface area contributed by atoms with E-state index < -0.39 is 15.9 Å². The van der Waals surface area contributed by atoms with Crippen LogP contribution >= 0.6 is 0 Å². The van der Waals surface area contributed by atoms with Gasteiger partial charge in [-0.3, -0.25) is 9.59 Å². The lowest BCUT2D eigenvalue weighted by Crippen LogP contribution is -2.31. The monoisotopic (exact) mass is 490 g/mol. The average molecular weight is 491 g/mol. The zero-order chi connectivity index (χ0) is 25.2. The molecule has 0 saturated carbocycles. The molecule has 0 saturated heterocycles. The maximum absolute atomic E-state index is 13.2. The smallest absolute Gasteiger partial charge is 0.268 e. The standard InChI is InChI=1S/C27H26N2O5S/c1-18-4-6-20(7-5-18)16-28-26(30)23-10-8-21(9-11-23)17-29-27(31)19(2)25(35(29,32)33)22-12-14-24(34-3)15-13-22/h4-15H,16-17H2,1-3H3,(H,28,30). The fourth-order valence-electron chi connectivity index (χ4n) is 3.88. The van der Waals surface area contributed by atoms with Crippen molar-refractivity contribution in [1.82, 2.24) is 9.62 Å². The molecule has 0 aromatic heterocycles. The Morgan fingerprint density at radius 3 is 2.09 bits per heavy atom. The van der Waals surface area contributed by atoms with Crippen LogP contribution in [0.15, 0.2) is 78.4 Å². The molecule has 0 aliphatic carbocycles. The molecule has 0 unspecified atom stereocenters. The summed E-state index contributed by atoms with van der Waals surface area (Å²) in [7, 11) is -2.50. The molecule has 7 nitrogen and oxygen atoms in total. The van der Waals surface area contributed by atoms with Gasteiger partial charge in [-0.15, -0.1) is 0 Å². The van der Waals surface area contributed by atoms with Crippen molar-refractivity contribution in [3.8, 4) is 5.75 Å². The summed E-state index contributed by atoms with van der Waals surface area (Å²) in [5, 5.41) is 2.87. The number of sulfonamides is 1. The zero-order valence-corrected chi connectivity index (χ0v) is 20.6. The largest absolute Gasteiger partial charge is 0.497 e. The summed E-state index contributed by atoms with van der Waals surface area (Å²) in [5.74, 6) is -0.203. The van der Waals surface area contributed by atoms with Crippen LogP contribution in [-0.2, 0) is 27.9 Å². The second-order valence-corrected chi connectivity index (χ2v) is 10.2. The van der Waals surface area contributed by atoms with E-state index in [2.05, 4.69) is 5.32 Å². The fraction of sp³-hybridized carbons (Fsp3) is 0.185.